The van der Waals surface area contributed by atoms with E-state index in [9.17, 15) is 4.79 Å². The van der Waals surface area contributed by atoms with Gasteiger partial charge in [-0.2, -0.15) is 0 Å². The molecular weight excluding hydrogens is 216 g/mol. The van der Waals surface area contributed by atoms with Crippen molar-refractivity contribution in [3.8, 4) is 0 Å². The smallest absolute Gasteiger partial charge is 0.236 e. The molecule has 4 nitrogen and oxygen atoms in total. The van der Waals surface area contributed by atoms with Crippen molar-refractivity contribution in [1.82, 2.24) is 5.32 Å². The van der Waals surface area contributed by atoms with Crippen LogP contribution in [0.15, 0.2) is 0 Å². The number of carbonyl (C=O) groups is 1. The summed E-state index contributed by atoms with van der Waals surface area (Å²) in [6.45, 7) is 4.17. The SMILES string of the molecule is C[C@H](N)C(=O)NCCC1CCOCC1.Cl. The molecule has 0 spiro atoms. The summed E-state index contributed by atoms with van der Waals surface area (Å²) in [6.07, 6.45) is 3.28. The summed E-state index contributed by atoms with van der Waals surface area (Å²) in [5.74, 6) is 0.647. The van der Waals surface area contributed by atoms with Gasteiger partial charge in [-0.05, 0) is 32.1 Å². The highest BCUT2D eigenvalue weighted by molar-refractivity contribution is 5.85. The normalized spacial score (nSPS) is 19.1. The Hall–Kier alpha value is -0.320. The van der Waals surface area contributed by atoms with E-state index in [0.29, 0.717) is 5.92 Å². The molecule has 1 rings (SSSR count). The van der Waals surface area contributed by atoms with E-state index in [2.05, 4.69) is 5.32 Å². The lowest BCUT2D eigenvalue weighted by Gasteiger charge is -2.22. The minimum Gasteiger partial charge on any atom is -0.381 e. The first-order valence-electron chi connectivity index (χ1n) is 5.31. The third-order valence-corrected chi connectivity index (χ3v) is 2.61. The minimum absolute atomic E-state index is 0. The van der Waals surface area contributed by atoms with Crippen LogP contribution in [0.2, 0.25) is 0 Å². The Labute approximate surface area is 97.3 Å². The van der Waals surface area contributed by atoms with Crippen molar-refractivity contribution < 1.29 is 9.53 Å². The number of carbonyl (C=O) groups excluding carboxylic acids is 1. The Morgan fingerprint density at radius 2 is 2.13 bits per heavy atom. The lowest BCUT2D eigenvalue weighted by atomic mass is 9.97. The number of amides is 1. The van der Waals surface area contributed by atoms with Gasteiger partial charge < -0.3 is 15.8 Å². The molecule has 1 saturated heterocycles. The van der Waals surface area contributed by atoms with Crippen LogP contribution < -0.4 is 11.1 Å². The molecule has 15 heavy (non-hydrogen) atoms. The molecule has 0 radical (unpaired) electrons. The molecule has 1 heterocycles. The maximum Gasteiger partial charge on any atom is 0.236 e. The summed E-state index contributed by atoms with van der Waals surface area (Å²) in [5, 5.41) is 2.82. The number of halogens is 1. The van der Waals surface area contributed by atoms with E-state index in [1.807, 2.05) is 0 Å². The van der Waals surface area contributed by atoms with Gasteiger partial charge in [0.25, 0.3) is 0 Å². The third kappa shape index (κ3) is 5.97. The first-order valence-corrected chi connectivity index (χ1v) is 5.31. The Morgan fingerprint density at radius 1 is 1.53 bits per heavy atom. The van der Waals surface area contributed by atoms with Crippen LogP contribution in [-0.2, 0) is 9.53 Å². The Morgan fingerprint density at radius 3 is 2.67 bits per heavy atom. The van der Waals surface area contributed by atoms with Crippen LogP contribution in [-0.4, -0.2) is 31.7 Å². The molecule has 0 aromatic heterocycles. The van der Waals surface area contributed by atoms with Crippen LogP contribution in [0.5, 0.6) is 0 Å². The van der Waals surface area contributed by atoms with Gasteiger partial charge in [-0.25, -0.2) is 0 Å². The fourth-order valence-corrected chi connectivity index (χ4v) is 1.60. The standard InChI is InChI=1S/C10H20N2O2.ClH/c1-8(11)10(13)12-5-2-9-3-6-14-7-4-9;/h8-9H,2-7,11H2,1H3,(H,12,13);1H/t8-;/m0./s1. The fraction of sp³-hybridized carbons (Fsp3) is 0.900. The summed E-state index contributed by atoms with van der Waals surface area (Å²) in [4.78, 5) is 11.1. The lowest BCUT2D eigenvalue weighted by Crippen LogP contribution is -2.39. The van der Waals surface area contributed by atoms with E-state index >= 15 is 0 Å². The van der Waals surface area contributed by atoms with Crippen molar-refractivity contribution in [3.05, 3.63) is 0 Å². The summed E-state index contributed by atoms with van der Waals surface area (Å²) < 4.78 is 5.26. The van der Waals surface area contributed by atoms with Crippen LogP contribution in [0.1, 0.15) is 26.2 Å². The second-order valence-corrected chi connectivity index (χ2v) is 3.92. The molecule has 1 aliphatic rings. The van der Waals surface area contributed by atoms with Crippen molar-refractivity contribution in [2.75, 3.05) is 19.8 Å². The average molecular weight is 237 g/mol. The second-order valence-electron chi connectivity index (χ2n) is 3.92. The van der Waals surface area contributed by atoms with E-state index in [0.717, 1.165) is 39.0 Å². The molecule has 3 N–H and O–H groups in total. The number of rotatable bonds is 4. The fourth-order valence-electron chi connectivity index (χ4n) is 1.60. The zero-order valence-corrected chi connectivity index (χ0v) is 10.0. The Kier molecular flexibility index (Phi) is 7.74. The van der Waals surface area contributed by atoms with E-state index in [-0.39, 0.29) is 18.3 Å². The molecule has 1 fully saturated rings. The van der Waals surface area contributed by atoms with Crippen molar-refractivity contribution in [1.29, 1.82) is 0 Å². The van der Waals surface area contributed by atoms with E-state index < -0.39 is 6.04 Å². The largest absolute Gasteiger partial charge is 0.381 e. The van der Waals surface area contributed by atoms with Crippen molar-refractivity contribution >= 4 is 18.3 Å². The molecule has 1 aliphatic heterocycles. The first kappa shape index (κ1) is 14.7. The monoisotopic (exact) mass is 236 g/mol. The maximum absolute atomic E-state index is 11.1. The number of hydrogen-bond acceptors (Lipinski definition) is 3. The Balaban J connectivity index is 0.00000196. The number of ether oxygens (including phenoxy) is 1. The minimum atomic E-state index is -0.398. The molecule has 0 aliphatic carbocycles. The Bertz CT molecular complexity index is 182. The molecule has 0 aromatic rings. The van der Waals surface area contributed by atoms with Gasteiger partial charge in [-0.15, -0.1) is 12.4 Å². The number of nitrogens with two attached hydrogens (primary N) is 1. The quantitative estimate of drug-likeness (QED) is 0.755. The first-order chi connectivity index (χ1) is 6.70. The van der Waals surface area contributed by atoms with E-state index in [1.165, 1.54) is 0 Å². The molecule has 5 heteroatoms. The van der Waals surface area contributed by atoms with Gasteiger partial charge in [0.1, 0.15) is 0 Å². The van der Waals surface area contributed by atoms with Gasteiger partial charge >= 0.3 is 0 Å². The van der Waals surface area contributed by atoms with Gasteiger partial charge in [0.2, 0.25) is 5.91 Å². The van der Waals surface area contributed by atoms with Crippen LogP contribution in [0, 0.1) is 5.92 Å². The third-order valence-electron chi connectivity index (χ3n) is 2.61. The van der Waals surface area contributed by atoms with Crippen LogP contribution in [0.25, 0.3) is 0 Å². The zero-order valence-electron chi connectivity index (χ0n) is 9.20. The topological polar surface area (TPSA) is 64.4 Å². The van der Waals surface area contributed by atoms with Crippen molar-refractivity contribution in [2.45, 2.75) is 32.2 Å². The summed E-state index contributed by atoms with van der Waals surface area (Å²) >= 11 is 0. The molecule has 1 atom stereocenters. The van der Waals surface area contributed by atoms with Gasteiger partial charge in [-0.3, -0.25) is 4.79 Å². The molecule has 1 amide bonds. The lowest BCUT2D eigenvalue weighted by molar-refractivity contribution is -0.122. The maximum atomic E-state index is 11.1. The average Bonchev–Trinajstić information content (AvgIpc) is 2.19. The van der Waals surface area contributed by atoms with Crippen molar-refractivity contribution in [3.63, 3.8) is 0 Å². The van der Waals surface area contributed by atoms with E-state index in [4.69, 9.17) is 10.5 Å². The van der Waals surface area contributed by atoms with Gasteiger partial charge in [-0.1, -0.05) is 0 Å². The highest BCUT2D eigenvalue weighted by Gasteiger charge is 2.14. The zero-order chi connectivity index (χ0) is 10.4. The molecular formula is C10H21ClN2O2. The predicted octanol–water partition coefficient (Wildman–Crippen LogP) is 0.688. The molecule has 0 unspecified atom stereocenters. The van der Waals surface area contributed by atoms with Gasteiger partial charge in [0.15, 0.2) is 0 Å². The van der Waals surface area contributed by atoms with Crippen molar-refractivity contribution in [2.24, 2.45) is 11.7 Å². The molecule has 0 saturated carbocycles. The molecule has 90 valence electrons. The van der Waals surface area contributed by atoms with Gasteiger partial charge in [0.05, 0.1) is 6.04 Å². The van der Waals surface area contributed by atoms with Crippen LogP contribution in [0.4, 0.5) is 0 Å². The summed E-state index contributed by atoms with van der Waals surface area (Å²) in [5.41, 5.74) is 5.42. The summed E-state index contributed by atoms with van der Waals surface area (Å²) in [7, 11) is 0. The summed E-state index contributed by atoms with van der Waals surface area (Å²) in [6, 6.07) is -0.398. The predicted molar refractivity (Wildman–Crippen MR) is 62.1 cm³/mol. The molecule has 0 aromatic carbocycles. The number of hydrogen-bond donors (Lipinski definition) is 2. The highest BCUT2D eigenvalue weighted by Crippen LogP contribution is 2.17. The molecule has 0 bridgehead atoms. The van der Waals surface area contributed by atoms with E-state index in [1.54, 1.807) is 6.92 Å². The van der Waals surface area contributed by atoms with Gasteiger partial charge in [0, 0.05) is 19.8 Å². The van der Waals surface area contributed by atoms with Crippen LogP contribution >= 0.6 is 12.4 Å². The highest BCUT2D eigenvalue weighted by atomic mass is 35.5. The second kappa shape index (κ2) is 7.91. The number of nitrogens with one attached hydrogen (secondary N) is 1. The van der Waals surface area contributed by atoms with Crippen LogP contribution in [0.3, 0.4) is 0 Å².